The van der Waals surface area contributed by atoms with Crippen molar-refractivity contribution in [3.63, 3.8) is 0 Å². The minimum atomic E-state index is -0.326. The Labute approximate surface area is 115 Å². The van der Waals surface area contributed by atoms with Gasteiger partial charge in [0.05, 0.1) is 16.9 Å². The van der Waals surface area contributed by atoms with Crippen molar-refractivity contribution in [2.45, 2.75) is 25.8 Å². The van der Waals surface area contributed by atoms with E-state index in [2.05, 4.69) is 10.3 Å². The van der Waals surface area contributed by atoms with Crippen molar-refractivity contribution < 1.29 is 9.18 Å². The van der Waals surface area contributed by atoms with Crippen LogP contribution in [-0.4, -0.2) is 22.0 Å². The molecule has 2 rings (SSSR count). The van der Waals surface area contributed by atoms with Crippen LogP contribution in [0.25, 0.3) is 11.0 Å². The highest BCUT2D eigenvalue weighted by Gasteiger charge is 2.11. The molecular weight excluding hydrogens is 269 g/mol. The van der Waals surface area contributed by atoms with Crippen molar-refractivity contribution >= 4 is 28.5 Å². The highest BCUT2D eigenvalue weighted by atomic mass is 35.5. The molecule has 0 saturated heterocycles. The van der Waals surface area contributed by atoms with E-state index in [0.29, 0.717) is 36.4 Å². The first-order valence-electron chi connectivity index (χ1n) is 6.13. The smallest absolute Gasteiger partial charge is 0.221 e. The SMILES string of the molecule is CCNC(=O)CCn1c(CCl)nc2ccc(F)cc21. The predicted octanol–water partition coefficient (Wildman–Crippen LogP) is 2.44. The zero-order valence-electron chi connectivity index (χ0n) is 10.6. The minimum Gasteiger partial charge on any atom is -0.356 e. The second-order valence-corrected chi connectivity index (χ2v) is 4.42. The third kappa shape index (κ3) is 3.04. The summed E-state index contributed by atoms with van der Waals surface area (Å²) in [5.41, 5.74) is 1.35. The molecule has 0 atom stereocenters. The molecule has 0 aliphatic carbocycles. The fourth-order valence-corrected chi connectivity index (χ4v) is 2.20. The number of hydrogen-bond acceptors (Lipinski definition) is 2. The van der Waals surface area contributed by atoms with Gasteiger partial charge in [0.2, 0.25) is 5.91 Å². The van der Waals surface area contributed by atoms with Gasteiger partial charge in [-0.25, -0.2) is 9.37 Å². The van der Waals surface area contributed by atoms with E-state index in [0.717, 1.165) is 0 Å². The second-order valence-electron chi connectivity index (χ2n) is 4.15. The number of nitrogens with zero attached hydrogens (tertiary/aromatic N) is 2. The van der Waals surface area contributed by atoms with Crippen LogP contribution in [0, 0.1) is 5.82 Å². The molecule has 19 heavy (non-hydrogen) atoms. The molecule has 0 spiro atoms. The molecule has 0 saturated carbocycles. The molecule has 1 aromatic heterocycles. The summed E-state index contributed by atoms with van der Waals surface area (Å²) in [5.74, 6) is 0.506. The molecule has 0 radical (unpaired) electrons. The fraction of sp³-hybridized carbons (Fsp3) is 0.385. The van der Waals surface area contributed by atoms with Crippen LogP contribution in [0.2, 0.25) is 0 Å². The van der Waals surface area contributed by atoms with Gasteiger partial charge in [0.25, 0.3) is 0 Å². The number of fused-ring (bicyclic) bond motifs is 1. The molecule has 0 aliphatic rings. The van der Waals surface area contributed by atoms with E-state index >= 15 is 0 Å². The van der Waals surface area contributed by atoms with Gasteiger partial charge in [-0.15, -0.1) is 11.6 Å². The van der Waals surface area contributed by atoms with Gasteiger partial charge in [0, 0.05) is 19.5 Å². The summed E-state index contributed by atoms with van der Waals surface area (Å²) in [6, 6.07) is 4.39. The zero-order chi connectivity index (χ0) is 13.8. The zero-order valence-corrected chi connectivity index (χ0v) is 11.4. The topological polar surface area (TPSA) is 46.9 Å². The number of imidazole rings is 1. The first-order chi connectivity index (χ1) is 9.15. The van der Waals surface area contributed by atoms with E-state index in [9.17, 15) is 9.18 Å². The van der Waals surface area contributed by atoms with Crippen molar-refractivity contribution in [2.24, 2.45) is 0 Å². The van der Waals surface area contributed by atoms with Gasteiger partial charge in [-0.2, -0.15) is 0 Å². The summed E-state index contributed by atoms with van der Waals surface area (Å²) in [5, 5.41) is 2.73. The molecule has 102 valence electrons. The molecule has 1 aromatic carbocycles. The number of carbonyl (C=O) groups excluding carboxylic acids is 1. The van der Waals surface area contributed by atoms with Crippen molar-refractivity contribution in [2.75, 3.05) is 6.54 Å². The lowest BCUT2D eigenvalue weighted by Gasteiger charge is -2.07. The molecule has 4 nitrogen and oxygen atoms in total. The minimum absolute atomic E-state index is 0.0405. The number of benzene rings is 1. The molecule has 1 N–H and O–H groups in total. The number of hydrogen-bond donors (Lipinski definition) is 1. The number of aromatic nitrogens is 2. The molecule has 2 aromatic rings. The quantitative estimate of drug-likeness (QED) is 0.857. The molecular formula is C13H15ClFN3O. The average molecular weight is 284 g/mol. The lowest BCUT2D eigenvalue weighted by molar-refractivity contribution is -0.121. The van der Waals surface area contributed by atoms with Gasteiger partial charge in [-0.05, 0) is 25.1 Å². The fourth-order valence-electron chi connectivity index (χ4n) is 2.00. The molecule has 0 fully saturated rings. The number of carbonyl (C=O) groups is 1. The molecule has 0 aliphatic heterocycles. The van der Waals surface area contributed by atoms with Crippen molar-refractivity contribution in [3.8, 4) is 0 Å². The first kappa shape index (κ1) is 13.8. The molecule has 6 heteroatoms. The highest BCUT2D eigenvalue weighted by molar-refractivity contribution is 6.16. The maximum Gasteiger partial charge on any atom is 0.221 e. The summed E-state index contributed by atoms with van der Waals surface area (Å²) >= 11 is 5.84. The van der Waals surface area contributed by atoms with Crippen LogP contribution in [0.5, 0.6) is 0 Å². The van der Waals surface area contributed by atoms with E-state index in [1.54, 1.807) is 10.6 Å². The molecule has 1 heterocycles. The summed E-state index contributed by atoms with van der Waals surface area (Å²) < 4.78 is 15.1. The first-order valence-corrected chi connectivity index (χ1v) is 6.66. The summed E-state index contributed by atoms with van der Waals surface area (Å²) in [6.45, 7) is 2.90. The summed E-state index contributed by atoms with van der Waals surface area (Å²) in [7, 11) is 0. The van der Waals surface area contributed by atoms with Crippen molar-refractivity contribution in [3.05, 3.63) is 29.8 Å². The number of aryl methyl sites for hydroxylation is 1. The van der Waals surface area contributed by atoms with Crippen molar-refractivity contribution in [1.82, 2.24) is 14.9 Å². The van der Waals surface area contributed by atoms with Crippen LogP contribution >= 0.6 is 11.6 Å². The number of halogens is 2. The lowest BCUT2D eigenvalue weighted by Crippen LogP contribution is -2.24. The third-order valence-electron chi connectivity index (χ3n) is 2.85. The van der Waals surface area contributed by atoms with Gasteiger partial charge in [-0.3, -0.25) is 4.79 Å². The Kier molecular flexibility index (Phi) is 4.37. The van der Waals surface area contributed by atoms with Gasteiger partial charge < -0.3 is 9.88 Å². The van der Waals surface area contributed by atoms with Crippen LogP contribution in [0.1, 0.15) is 19.2 Å². The van der Waals surface area contributed by atoms with Crippen molar-refractivity contribution in [1.29, 1.82) is 0 Å². The van der Waals surface area contributed by atoms with Gasteiger partial charge >= 0.3 is 0 Å². The predicted molar refractivity (Wildman–Crippen MR) is 72.5 cm³/mol. The van der Waals surface area contributed by atoms with Gasteiger partial charge in [0.1, 0.15) is 11.6 Å². The summed E-state index contributed by atoms with van der Waals surface area (Å²) in [4.78, 5) is 15.8. The molecule has 0 unspecified atom stereocenters. The average Bonchev–Trinajstić information content (AvgIpc) is 2.74. The van der Waals surface area contributed by atoms with Gasteiger partial charge in [-0.1, -0.05) is 0 Å². The largest absolute Gasteiger partial charge is 0.356 e. The number of alkyl halides is 1. The normalized spacial score (nSPS) is 10.9. The van der Waals surface area contributed by atoms with Crippen LogP contribution in [0.15, 0.2) is 18.2 Å². The molecule has 1 amide bonds. The Morgan fingerprint density at radius 2 is 2.32 bits per heavy atom. The highest BCUT2D eigenvalue weighted by Crippen LogP contribution is 2.19. The lowest BCUT2D eigenvalue weighted by atomic mass is 10.3. The molecule has 0 bridgehead atoms. The number of amides is 1. The van der Waals surface area contributed by atoms with Crippen LogP contribution in [0.4, 0.5) is 4.39 Å². The van der Waals surface area contributed by atoms with Crippen LogP contribution in [-0.2, 0) is 17.2 Å². The van der Waals surface area contributed by atoms with E-state index in [1.165, 1.54) is 12.1 Å². The second kappa shape index (κ2) is 6.02. The van der Waals surface area contributed by atoms with E-state index in [-0.39, 0.29) is 17.6 Å². The third-order valence-corrected chi connectivity index (χ3v) is 3.08. The summed E-state index contributed by atoms with van der Waals surface area (Å²) in [6.07, 6.45) is 0.319. The number of nitrogens with one attached hydrogen (secondary N) is 1. The Bertz CT molecular complexity index is 597. The monoisotopic (exact) mass is 283 g/mol. The van der Waals surface area contributed by atoms with Gasteiger partial charge in [0.15, 0.2) is 0 Å². The standard InChI is InChI=1S/C13H15ClFN3O/c1-2-16-13(19)5-6-18-11-7-9(15)3-4-10(11)17-12(18)8-14/h3-4,7H,2,5-6,8H2,1H3,(H,16,19). The Hall–Kier alpha value is -1.62. The van der Waals surface area contributed by atoms with Crippen LogP contribution < -0.4 is 5.32 Å². The Morgan fingerprint density at radius 3 is 3.00 bits per heavy atom. The Morgan fingerprint density at radius 1 is 1.53 bits per heavy atom. The van der Waals surface area contributed by atoms with E-state index in [1.807, 2.05) is 6.92 Å². The Balaban J connectivity index is 2.29. The maximum absolute atomic E-state index is 13.3. The van der Waals surface area contributed by atoms with E-state index < -0.39 is 0 Å². The van der Waals surface area contributed by atoms with Crippen LogP contribution in [0.3, 0.4) is 0 Å². The maximum atomic E-state index is 13.3. The number of rotatable bonds is 5. The van der Waals surface area contributed by atoms with E-state index in [4.69, 9.17) is 11.6 Å².